The maximum absolute atomic E-state index is 5.74. The van der Waals surface area contributed by atoms with Crippen LogP contribution in [-0.2, 0) is 6.67 Å². The normalized spacial score (nSPS) is 15.1. The van der Waals surface area contributed by atoms with Gasteiger partial charge in [0.2, 0.25) is 5.89 Å². The summed E-state index contributed by atoms with van der Waals surface area (Å²) in [4.78, 5) is 5.15. The molecule has 0 bridgehead atoms. The van der Waals surface area contributed by atoms with E-state index in [-0.39, 0.29) is 0 Å². The number of aromatic nitrogens is 2. The first-order valence-electron chi connectivity index (χ1n) is 10.00. The zero-order valence-electron chi connectivity index (χ0n) is 17.3. The molecule has 0 N–H and O–H groups in total. The highest BCUT2D eigenvalue weighted by Crippen LogP contribution is 2.23. The number of hydrogen-bond donors (Lipinski definition) is 0. The summed E-state index contributed by atoms with van der Waals surface area (Å²) in [6, 6.07) is 15.9. The van der Waals surface area contributed by atoms with Gasteiger partial charge in [0, 0.05) is 37.4 Å². The Bertz CT molecular complexity index is 1010. The molecule has 1 saturated heterocycles. The molecule has 1 aromatic heterocycles. The lowest BCUT2D eigenvalue weighted by molar-refractivity contribution is 0.217. The molecule has 8 heteroatoms. The van der Waals surface area contributed by atoms with Gasteiger partial charge in [-0.05, 0) is 67.2 Å². The molecular weight excluding hydrogens is 400 g/mol. The molecule has 2 aromatic carbocycles. The lowest BCUT2D eigenvalue weighted by atomic mass is 10.2. The Labute approximate surface area is 181 Å². The summed E-state index contributed by atoms with van der Waals surface area (Å²) in [6.45, 7) is 4.50. The fourth-order valence-electron chi connectivity index (χ4n) is 3.60. The molecule has 0 atom stereocenters. The Morgan fingerprint density at radius 2 is 1.57 bits per heavy atom. The van der Waals surface area contributed by atoms with Gasteiger partial charge in [-0.15, -0.1) is 5.10 Å². The highest BCUT2D eigenvalue weighted by atomic mass is 32.1. The van der Waals surface area contributed by atoms with E-state index in [0.717, 1.165) is 49.7 Å². The number of benzene rings is 2. The second-order valence-electron chi connectivity index (χ2n) is 7.20. The average molecular weight is 427 g/mol. The largest absolute Gasteiger partial charge is 0.497 e. The first-order valence-corrected chi connectivity index (χ1v) is 10.4. The third-order valence-corrected chi connectivity index (χ3v) is 5.60. The molecule has 0 unspecified atom stereocenters. The van der Waals surface area contributed by atoms with Crippen LogP contribution in [0.15, 0.2) is 52.9 Å². The van der Waals surface area contributed by atoms with E-state index >= 15 is 0 Å². The van der Waals surface area contributed by atoms with Crippen LogP contribution in [0.2, 0.25) is 0 Å². The first kappa shape index (κ1) is 20.4. The molecular formula is C22H26N4O3S. The van der Waals surface area contributed by atoms with Gasteiger partial charge >= 0.3 is 0 Å². The van der Waals surface area contributed by atoms with Gasteiger partial charge in [0.25, 0.3) is 4.84 Å². The Balaban J connectivity index is 1.40. The summed E-state index contributed by atoms with van der Waals surface area (Å²) in [7, 11) is 3.33. The Hall–Kier alpha value is -2.84. The van der Waals surface area contributed by atoms with Crippen molar-refractivity contribution in [2.24, 2.45) is 0 Å². The summed E-state index contributed by atoms with van der Waals surface area (Å²) in [5, 5.41) is 4.59. The topological polar surface area (TPSA) is 55.9 Å². The fraction of sp³-hybridized carbons (Fsp3) is 0.364. The SMILES string of the molecule is COc1ccc(-c2nn(CN3CCCN(c4ccc(OC)cc4)CC3)c(=S)o2)cc1. The predicted molar refractivity (Wildman–Crippen MR) is 119 cm³/mol. The number of anilines is 1. The minimum Gasteiger partial charge on any atom is -0.497 e. The second kappa shape index (κ2) is 9.32. The van der Waals surface area contributed by atoms with Crippen LogP contribution in [0.5, 0.6) is 11.5 Å². The van der Waals surface area contributed by atoms with Crippen LogP contribution in [0.3, 0.4) is 0 Å². The van der Waals surface area contributed by atoms with E-state index in [1.807, 2.05) is 36.4 Å². The van der Waals surface area contributed by atoms with E-state index in [9.17, 15) is 0 Å². The van der Waals surface area contributed by atoms with Crippen molar-refractivity contribution in [3.63, 3.8) is 0 Å². The van der Waals surface area contributed by atoms with Crippen LogP contribution in [0.1, 0.15) is 6.42 Å². The molecule has 0 amide bonds. The molecule has 0 radical (unpaired) electrons. The number of methoxy groups -OCH3 is 2. The van der Waals surface area contributed by atoms with Gasteiger partial charge in [-0.3, -0.25) is 4.90 Å². The Kier molecular flexibility index (Phi) is 6.35. The standard InChI is InChI=1S/C22H26N4O3S/c1-27-19-8-4-17(5-9-19)21-23-26(22(30)29-21)16-24-12-3-13-25(15-14-24)18-6-10-20(28-2)11-7-18/h4-11H,3,12-16H2,1-2H3. The Morgan fingerprint density at radius 3 is 2.23 bits per heavy atom. The van der Waals surface area contributed by atoms with Crippen LogP contribution in [-0.4, -0.2) is 55.1 Å². The molecule has 30 heavy (non-hydrogen) atoms. The lowest BCUT2D eigenvalue weighted by Gasteiger charge is -2.23. The van der Waals surface area contributed by atoms with Crippen LogP contribution in [0.4, 0.5) is 5.69 Å². The van der Waals surface area contributed by atoms with Gasteiger partial charge in [0.15, 0.2) is 0 Å². The van der Waals surface area contributed by atoms with Crippen molar-refractivity contribution < 1.29 is 13.9 Å². The van der Waals surface area contributed by atoms with Gasteiger partial charge < -0.3 is 18.8 Å². The zero-order valence-corrected chi connectivity index (χ0v) is 18.1. The van der Waals surface area contributed by atoms with Crippen LogP contribution < -0.4 is 14.4 Å². The predicted octanol–water partition coefficient (Wildman–Crippen LogP) is 4.06. The monoisotopic (exact) mass is 426 g/mol. The maximum Gasteiger partial charge on any atom is 0.288 e. The fourth-order valence-corrected chi connectivity index (χ4v) is 3.78. The third kappa shape index (κ3) is 4.66. The molecule has 0 saturated carbocycles. The van der Waals surface area contributed by atoms with Gasteiger partial charge in [0.1, 0.15) is 11.5 Å². The van der Waals surface area contributed by atoms with Gasteiger partial charge in [-0.2, -0.15) is 0 Å². The maximum atomic E-state index is 5.74. The van der Waals surface area contributed by atoms with Crippen LogP contribution in [0.25, 0.3) is 11.5 Å². The van der Waals surface area contributed by atoms with Crippen LogP contribution >= 0.6 is 12.2 Å². The number of ether oxygens (including phenoxy) is 2. The quantitative estimate of drug-likeness (QED) is 0.551. The summed E-state index contributed by atoms with van der Waals surface area (Å²) < 4.78 is 18.0. The highest BCUT2D eigenvalue weighted by molar-refractivity contribution is 7.71. The van der Waals surface area contributed by atoms with Crippen molar-refractivity contribution in [1.82, 2.24) is 14.7 Å². The highest BCUT2D eigenvalue weighted by Gasteiger charge is 2.17. The molecule has 0 aliphatic carbocycles. The van der Waals surface area contributed by atoms with Crippen molar-refractivity contribution in [3.05, 3.63) is 53.4 Å². The number of nitrogens with zero attached hydrogens (tertiary/aromatic N) is 4. The van der Waals surface area contributed by atoms with E-state index < -0.39 is 0 Å². The average Bonchev–Trinajstić information content (AvgIpc) is 2.99. The van der Waals surface area contributed by atoms with Crippen molar-refractivity contribution in [2.45, 2.75) is 13.1 Å². The third-order valence-electron chi connectivity index (χ3n) is 5.30. The molecule has 3 aromatic rings. The molecule has 1 aliphatic heterocycles. The summed E-state index contributed by atoms with van der Waals surface area (Å²) >= 11 is 5.41. The molecule has 158 valence electrons. The van der Waals surface area contributed by atoms with E-state index in [0.29, 0.717) is 17.4 Å². The van der Waals surface area contributed by atoms with E-state index in [4.69, 9.17) is 26.1 Å². The first-order chi connectivity index (χ1) is 14.7. The molecule has 1 fully saturated rings. The summed E-state index contributed by atoms with van der Waals surface area (Å²) in [6.07, 6.45) is 1.07. The van der Waals surface area contributed by atoms with E-state index in [1.54, 1.807) is 18.9 Å². The summed E-state index contributed by atoms with van der Waals surface area (Å²) in [5.74, 6) is 2.20. The molecule has 2 heterocycles. The van der Waals surface area contributed by atoms with Crippen molar-refractivity contribution in [1.29, 1.82) is 0 Å². The van der Waals surface area contributed by atoms with E-state index in [1.165, 1.54) is 5.69 Å². The minimum atomic E-state index is 0.386. The smallest absolute Gasteiger partial charge is 0.288 e. The molecule has 1 aliphatic rings. The minimum absolute atomic E-state index is 0.386. The van der Waals surface area contributed by atoms with Gasteiger partial charge in [-0.1, -0.05) is 0 Å². The summed E-state index contributed by atoms with van der Waals surface area (Å²) in [5.41, 5.74) is 2.10. The number of rotatable bonds is 6. The Morgan fingerprint density at radius 1 is 0.900 bits per heavy atom. The second-order valence-corrected chi connectivity index (χ2v) is 7.55. The number of hydrogen-bond acceptors (Lipinski definition) is 7. The van der Waals surface area contributed by atoms with Gasteiger partial charge in [0.05, 0.1) is 20.9 Å². The van der Waals surface area contributed by atoms with Crippen molar-refractivity contribution in [2.75, 3.05) is 45.3 Å². The van der Waals surface area contributed by atoms with Crippen molar-refractivity contribution in [3.8, 4) is 23.0 Å². The van der Waals surface area contributed by atoms with Crippen molar-refractivity contribution >= 4 is 17.9 Å². The molecule has 4 rings (SSSR count). The molecule has 7 nitrogen and oxygen atoms in total. The molecule has 0 spiro atoms. The van der Waals surface area contributed by atoms with Gasteiger partial charge in [-0.25, -0.2) is 4.68 Å². The zero-order chi connectivity index (χ0) is 20.9. The van der Waals surface area contributed by atoms with E-state index in [2.05, 4.69) is 27.0 Å². The van der Waals surface area contributed by atoms with Crippen LogP contribution in [0, 0.1) is 4.84 Å². The lowest BCUT2D eigenvalue weighted by Crippen LogP contribution is -2.32.